The fourth-order valence-electron chi connectivity index (χ4n) is 1.14. The summed E-state index contributed by atoms with van der Waals surface area (Å²) in [5.41, 5.74) is 2.18. The van der Waals surface area contributed by atoms with Crippen LogP contribution in [0.25, 0.3) is 11.5 Å². The molecule has 3 heteroatoms. The quantitative estimate of drug-likeness (QED) is 0.760. The molecule has 0 aliphatic rings. The maximum atomic E-state index is 5.19. The normalized spacial score (nSPS) is 10.3. The van der Waals surface area contributed by atoms with Crippen molar-refractivity contribution in [3.05, 3.63) is 40.7 Å². The Bertz CT molecular complexity index is 409. The monoisotopic (exact) mass is 237 g/mol. The Balaban J connectivity index is 2.49. The summed E-state index contributed by atoms with van der Waals surface area (Å²) in [5.74, 6) is 0.663. The molecule has 0 saturated carbocycles. The van der Waals surface area contributed by atoms with Gasteiger partial charge in [0.1, 0.15) is 6.26 Å². The first kappa shape index (κ1) is 8.51. The van der Waals surface area contributed by atoms with Gasteiger partial charge in [0.2, 0.25) is 5.89 Å². The molecule has 1 heterocycles. The first-order chi connectivity index (χ1) is 6.27. The third-order valence-corrected chi connectivity index (χ3v) is 2.73. The lowest BCUT2D eigenvalue weighted by Gasteiger charge is -1.99. The molecule has 0 atom stereocenters. The molecule has 66 valence electrons. The molecule has 0 unspecified atom stereocenters. The summed E-state index contributed by atoms with van der Waals surface area (Å²) >= 11 is 3.44. The lowest BCUT2D eigenvalue weighted by Crippen LogP contribution is -1.80. The number of aryl methyl sites for hydroxylation is 1. The molecule has 2 aromatic rings. The topological polar surface area (TPSA) is 26.0 Å². The Morgan fingerprint density at radius 2 is 2.23 bits per heavy atom. The zero-order valence-corrected chi connectivity index (χ0v) is 8.71. The highest BCUT2D eigenvalue weighted by Crippen LogP contribution is 2.23. The van der Waals surface area contributed by atoms with E-state index in [-0.39, 0.29) is 0 Å². The zero-order chi connectivity index (χ0) is 9.26. The predicted octanol–water partition coefficient (Wildman–Crippen LogP) is 3.41. The minimum Gasteiger partial charge on any atom is -0.445 e. The second-order valence-electron chi connectivity index (χ2n) is 2.80. The SMILES string of the molecule is Cc1cc(-c2ncco2)ccc1Br. The molecular formula is C10H8BrNO. The third kappa shape index (κ3) is 1.65. The standard InChI is InChI=1S/C10H8BrNO/c1-7-6-8(2-3-9(7)11)10-12-4-5-13-10/h2-6H,1H3. The molecule has 0 saturated heterocycles. The molecule has 0 aliphatic heterocycles. The first-order valence-electron chi connectivity index (χ1n) is 3.93. The highest BCUT2D eigenvalue weighted by molar-refractivity contribution is 9.10. The molecule has 2 nitrogen and oxygen atoms in total. The summed E-state index contributed by atoms with van der Waals surface area (Å²) in [7, 11) is 0. The van der Waals surface area contributed by atoms with Gasteiger partial charge in [-0.1, -0.05) is 15.9 Å². The summed E-state index contributed by atoms with van der Waals surface area (Å²) in [6.45, 7) is 2.04. The molecule has 0 aliphatic carbocycles. The summed E-state index contributed by atoms with van der Waals surface area (Å²) in [6, 6.07) is 6.01. The van der Waals surface area contributed by atoms with Gasteiger partial charge in [-0.05, 0) is 30.7 Å². The predicted molar refractivity (Wildman–Crippen MR) is 54.4 cm³/mol. The van der Waals surface area contributed by atoms with Crippen LogP contribution >= 0.6 is 15.9 Å². The zero-order valence-electron chi connectivity index (χ0n) is 7.12. The van der Waals surface area contributed by atoms with Gasteiger partial charge in [-0.3, -0.25) is 0 Å². The van der Waals surface area contributed by atoms with Crippen molar-refractivity contribution in [3.63, 3.8) is 0 Å². The summed E-state index contributed by atoms with van der Waals surface area (Å²) in [4.78, 5) is 4.08. The van der Waals surface area contributed by atoms with Gasteiger partial charge in [-0.2, -0.15) is 0 Å². The Morgan fingerprint density at radius 3 is 2.85 bits per heavy atom. The Morgan fingerprint density at radius 1 is 1.38 bits per heavy atom. The van der Waals surface area contributed by atoms with Crippen LogP contribution in [0.5, 0.6) is 0 Å². The molecule has 0 radical (unpaired) electrons. The van der Waals surface area contributed by atoms with Crippen molar-refractivity contribution in [2.75, 3.05) is 0 Å². The van der Waals surface area contributed by atoms with Crippen LogP contribution in [0.15, 0.2) is 39.5 Å². The number of benzene rings is 1. The van der Waals surface area contributed by atoms with E-state index in [4.69, 9.17) is 4.42 Å². The molecule has 0 N–H and O–H groups in total. The average Bonchev–Trinajstić information content (AvgIpc) is 2.62. The van der Waals surface area contributed by atoms with E-state index in [1.54, 1.807) is 12.5 Å². The highest BCUT2D eigenvalue weighted by atomic mass is 79.9. The van der Waals surface area contributed by atoms with E-state index in [9.17, 15) is 0 Å². The van der Waals surface area contributed by atoms with Crippen LogP contribution in [-0.2, 0) is 0 Å². The molecule has 0 bridgehead atoms. The van der Waals surface area contributed by atoms with Crippen molar-refractivity contribution in [3.8, 4) is 11.5 Å². The maximum absolute atomic E-state index is 5.19. The van der Waals surface area contributed by atoms with Crippen molar-refractivity contribution in [2.45, 2.75) is 6.92 Å². The maximum Gasteiger partial charge on any atom is 0.225 e. The largest absolute Gasteiger partial charge is 0.445 e. The number of halogens is 1. The van der Waals surface area contributed by atoms with Crippen LogP contribution in [0, 0.1) is 6.92 Å². The van der Waals surface area contributed by atoms with Gasteiger partial charge < -0.3 is 4.42 Å². The van der Waals surface area contributed by atoms with Gasteiger partial charge in [0.15, 0.2) is 0 Å². The summed E-state index contributed by atoms with van der Waals surface area (Å²) in [5, 5.41) is 0. The van der Waals surface area contributed by atoms with E-state index < -0.39 is 0 Å². The smallest absolute Gasteiger partial charge is 0.225 e. The fraction of sp³-hybridized carbons (Fsp3) is 0.100. The molecule has 0 fully saturated rings. The van der Waals surface area contributed by atoms with Crippen LogP contribution in [0.2, 0.25) is 0 Å². The molecule has 13 heavy (non-hydrogen) atoms. The van der Waals surface area contributed by atoms with Crippen LogP contribution in [-0.4, -0.2) is 4.98 Å². The number of rotatable bonds is 1. The van der Waals surface area contributed by atoms with Crippen molar-refractivity contribution >= 4 is 15.9 Å². The van der Waals surface area contributed by atoms with Crippen molar-refractivity contribution < 1.29 is 4.42 Å². The van der Waals surface area contributed by atoms with Gasteiger partial charge >= 0.3 is 0 Å². The van der Waals surface area contributed by atoms with Crippen molar-refractivity contribution in [2.24, 2.45) is 0 Å². The van der Waals surface area contributed by atoms with E-state index in [0.717, 1.165) is 10.0 Å². The third-order valence-electron chi connectivity index (χ3n) is 1.84. The second-order valence-corrected chi connectivity index (χ2v) is 3.66. The lowest BCUT2D eigenvalue weighted by atomic mass is 10.1. The van der Waals surface area contributed by atoms with Gasteiger partial charge in [0.25, 0.3) is 0 Å². The van der Waals surface area contributed by atoms with Crippen LogP contribution in [0.4, 0.5) is 0 Å². The Kier molecular flexibility index (Phi) is 2.19. The van der Waals surface area contributed by atoms with Crippen LogP contribution in [0.1, 0.15) is 5.56 Å². The number of nitrogens with zero attached hydrogens (tertiary/aromatic N) is 1. The number of oxazole rings is 1. The van der Waals surface area contributed by atoms with E-state index in [1.807, 2.05) is 25.1 Å². The average molecular weight is 238 g/mol. The van der Waals surface area contributed by atoms with Gasteiger partial charge in [0.05, 0.1) is 6.20 Å². The number of aromatic nitrogens is 1. The lowest BCUT2D eigenvalue weighted by molar-refractivity contribution is 0.574. The molecule has 0 amide bonds. The van der Waals surface area contributed by atoms with E-state index in [2.05, 4.69) is 20.9 Å². The highest BCUT2D eigenvalue weighted by Gasteiger charge is 2.03. The minimum absolute atomic E-state index is 0.663. The minimum atomic E-state index is 0.663. The first-order valence-corrected chi connectivity index (χ1v) is 4.72. The second kappa shape index (κ2) is 3.34. The van der Waals surface area contributed by atoms with Crippen LogP contribution in [0.3, 0.4) is 0 Å². The molecule has 1 aromatic heterocycles. The van der Waals surface area contributed by atoms with Gasteiger partial charge in [-0.25, -0.2) is 4.98 Å². The van der Waals surface area contributed by atoms with E-state index >= 15 is 0 Å². The van der Waals surface area contributed by atoms with Gasteiger partial charge in [-0.15, -0.1) is 0 Å². The molecule has 1 aromatic carbocycles. The van der Waals surface area contributed by atoms with Crippen LogP contribution < -0.4 is 0 Å². The van der Waals surface area contributed by atoms with Gasteiger partial charge in [0, 0.05) is 10.0 Å². The molecule has 0 spiro atoms. The van der Waals surface area contributed by atoms with Crippen molar-refractivity contribution in [1.29, 1.82) is 0 Å². The Hall–Kier alpha value is -1.09. The summed E-state index contributed by atoms with van der Waals surface area (Å²) < 4.78 is 6.29. The summed E-state index contributed by atoms with van der Waals surface area (Å²) in [6.07, 6.45) is 3.22. The van der Waals surface area contributed by atoms with E-state index in [0.29, 0.717) is 5.89 Å². The van der Waals surface area contributed by atoms with E-state index in [1.165, 1.54) is 5.56 Å². The number of hydrogen-bond donors (Lipinski definition) is 0. The number of hydrogen-bond acceptors (Lipinski definition) is 2. The van der Waals surface area contributed by atoms with Crippen molar-refractivity contribution in [1.82, 2.24) is 4.98 Å². The Labute approximate surface area is 84.7 Å². The molecular weight excluding hydrogens is 230 g/mol. The fourth-order valence-corrected chi connectivity index (χ4v) is 1.39. The molecule has 2 rings (SSSR count).